The van der Waals surface area contributed by atoms with Crippen LogP contribution < -0.4 is 14.8 Å². The number of nitrogens with one attached hydrogen (secondary N) is 1. The van der Waals surface area contributed by atoms with Crippen LogP contribution in [0.5, 0.6) is 11.5 Å². The molecule has 0 saturated carbocycles. The minimum absolute atomic E-state index is 0.185. The summed E-state index contributed by atoms with van der Waals surface area (Å²) in [5.41, 5.74) is 1.23. The van der Waals surface area contributed by atoms with Gasteiger partial charge < -0.3 is 14.8 Å². The molecule has 2 aromatic carbocycles. The fourth-order valence-electron chi connectivity index (χ4n) is 2.16. The molecule has 0 spiro atoms. The predicted molar refractivity (Wildman–Crippen MR) is 101 cm³/mol. The summed E-state index contributed by atoms with van der Waals surface area (Å²) in [7, 11) is 0. The number of hydrogen-bond acceptors (Lipinski definition) is 3. The van der Waals surface area contributed by atoms with Gasteiger partial charge in [0, 0.05) is 17.3 Å². The SMILES string of the molecule is C=CCOc1cccc(NC(=O)c2cccc(OCCC(C)C)c2)c1. The normalized spacial score (nSPS) is 10.4. The van der Waals surface area contributed by atoms with E-state index >= 15 is 0 Å². The van der Waals surface area contributed by atoms with E-state index in [2.05, 4.69) is 25.7 Å². The predicted octanol–water partition coefficient (Wildman–Crippen LogP) is 4.93. The molecule has 0 bridgehead atoms. The highest BCUT2D eigenvalue weighted by Gasteiger charge is 2.08. The van der Waals surface area contributed by atoms with Crippen LogP contribution in [0.25, 0.3) is 0 Å². The number of carbonyl (C=O) groups excluding carboxylic acids is 1. The van der Waals surface area contributed by atoms with Gasteiger partial charge in [0.1, 0.15) is 18.1 Å². The molecular weight excluding hydrogens is 314 g/mol. The van der Waals surface area contributed by atoms with E-state index in [9.17, 15) is 4.79 Å². The molecule has 1 N–H and O–H groups in total. The Balaban J connectivity index is 1.99. The minimum atomic E-state index is -0.185. The standard InChI is InChI=1S/C21H25NO3/c1-4-12-24-20-10-6-8-18(15-20)22-21(23)17-7-5-9-19(14-17)25-13-11-16(2)3/h4-10,14-16H,1,11-13H2,2-3H3,(H,22,23). The van der Waals surface area contributed by atoms with Gasteiger partial charge >= 0.3 is 0 Å². The molecule has 0 atom stereocenters. The van der Waals surface area contributed by atoms with E-state index in [0.29, 0.717) is 41.9 Å². The second kappa shape index (κ2) is 9.52. The average molecular weight is 339 g/mol. The van der Waals surface area contributed by atoms with Crippen LogP contribution in [0.15, 0.2) is 61.2 Å². The molecule has 0 aliphatic rings. The first-order chi connectivity index (χ1) is 12.1. The Kier molecular flexibility index (Phi) is 7.08. The third kappa shape index (κ3) is 6.34. The van der Waals surface area contributed by atoms with Crippen molar-refractivity contribution in [1.29, 1.82) is 0 Å². The smallest absolute Gasteiger partial charge is 0.255 e. The summed E-state index contributed by atoms with van der Waals surface area (Å²) in [4.78, 5) is 12.5. The zero-order valence-corrected chi connectivity index (χ0v) is 14.8. The van der Waals surface area contributed by atoms with E-state index in [1.807, 2.05) is 30.3 Å². The van der Waals surface area contributed by atoms with E-state index in [-0.39, 0.29) is 5.91 Å². The molecular formula is C21H25NO3. The van der Waals surface area contributed by atoms with Gasteiger partial charge in [-0.25, -0.2) is 0 Å². The number of carbonyl (C=O) groups is 1. The van der Waals surface area contributed by atoms with Gasteiger partial charge in [0.15, 0.2) is 0 Å². The van der Waals surface area contributed by atoms with Crippen molar-refractivity contribution in [2.24, 2.45) is 5.92 Å². The lowest BCUT2D eigenvalue weighted by Gasteiger charge is -2.10. The van der Waals surface area contributed by atoms with Gasteiger partial charge in [0.2, 0.25) is 0 Å². The Morgan fingerprint density at radius 1 is 1.12 bits per heavy atom. The number of anilines is 1. The van der Waals surface area contributed by atoms with Crippen LogP contribution >= 0.6 is 0 Å². The second-order valence-corrected chi connectivity index (χ2v) is 6.14. The van der Waals surface area contributed by atoms with E-state index in [0.717, 1.165) is 6.42 Å². The van der Waals surface area contributed by atoms with Crippen LogP contribution in [0.1, 0.15) is 30.6 Å². The van der Waals surface area contributed by atoms with Crippen molar-refractivity contribution >= 4 is 11.6 Å². The molecule has 25 heavy (non-hydrogen) atoms. The molecule has 1 amide bonds. The monoisotopic (exact) mass is 339 g/mol. The molecule has 4 heteroatoms. The first-order valence-electron chi connectivity index (χ1n) is 8.46. The van der Waals surface area contributed by atoms with Crippen LogP contribution in [-0.2, 0) is 0 Å². The molecule has 0 heterocycles. The fourth-order valence-corrected chi connectivity index (χ4v) is 2.16. The average Bonchev–Trinajstić information content (AvgIpc) is 2.60. The quantitative estimate of drug-likeness (QED) is 0.659. The zero-order chi connectivity index (χ0) is 18.1. The summed E-state index contributed by atoms with van der Waals surface area (Å²) >= 11 is 0. The van der Waals surface area contributed by atoms with Gasteiger partial charge in [-0.05, 0) is 42.7 Å². The molecule has 132 valence electrons. The molecule has 0 aromatic heterocycles. The van der Waals surface area contributed by atoms with Crippen molar-refractivity contribution in [2.45, 2.75) is 20.3 Å². The molecule has 0 fully saturated rings. The van der Waals surface area contributed by atoms with Crippen LogP contribution in [0.4, 0.5) is 5.69 Å². The van der Waals surface area contributed by atoms with E-state index in [1.165, 1.54) is 0 Å². The summed E-state index contributed by atoms with van der Waals surface area (Å²) in [6, 6.07) is 14.5. The maximum absolute atomic E-state index is 12.5. The van der Waals surface area contributed by atoms with E-state index in [4.69, 9.17) is 9.47 Å². The molecule has 0 unspecified atom stereocenters. The highest BCUT2D eigenvalue weighted by molar-refractivity contribution is 6.04. The number of amides is 1. The molecule has 0 radical (unpaired) electrons. The first kappa shape index (κ1) is 18.6. The van der Waals surface area contributed by atoms with Gasteiger partial charge in [-0.3, -0.25) is 4.79 Å². The lowest BCUT2D eigenvalue weighted by atomic mass is 10.1. The van der Waals surface area contributed by atoms with Gasteiger partial charge in [0.25, 0.3) is 5.91 Å². The molecule has 0 saturated heterocycles. The van der Waals surface area contributed by atoms with Crippen LogP contribution in [0.3, 0.4) is 0 Å². The van der Waals surface area contributed by atoms with Crippen molar-refractivity contribution in [3.63, 3.8) is 0 Å². The summed E-state index contributed by atoms with van der Waals surface area (Å²) in [5, 5.41) is 2.88. The van der Waals surface area contributed by atoms with Gasteiger partial charge in [-0.1, -0.05) is 38.6 Å². The lowest BCUT2D eigenvalue weighted by Crippen LogP contribution is -2.12. The number of benzene rings is 2. The molecule has 0 aliphatic heterocycles. The summed E-state index contributed by atoms with van der Waals surface area (Å²) in [5.74, 6) is 1.79. The summed E-state index contributed by atoms with van der Waals surface area (Å²) < 4.78 is 11.2. The minimum Gasteiger partial charge on any atom is -0.494 e. The first-order valence-corrected chi connectivity index (χ1v) is 8.46. The molecule has 2 rings (SSSR count). The molecule has 0 aliphatic carbocycles. The largest absolute Gasteiger partial charge is 0.494 e. The summed E-state index contributed by atoms with van der Waals surface area (Å²) in [6.07, 6.45) is 2.66. The van der Waals surface area contributed by atoms with Crippen molar-refractivity contribution in [3.8, 4) is 11.5 Å². The zero-order valence-electron chi connectivity index (χ0n) is 14.8. The van der Waals surface area contributed by atoms with E-state index in [1.54, 1.807) is 24.3 Å². The van der Waals surface area contributed by atoms with Gasteiger partial charge in [-0.2, -0.15) is 0 Å². The van der Waals surface area contributed by atoms with Crippen molar-refractivity contribution in [1.82, 2.24) is 0 Å². The van der Waals surface area contributed by atoms with E-state index < -0.39 is 0 Å². The Labute approximate surface area is 149 Å². The van der Waals surface area contributed by atoms with Crippen molar-refractivity contribution in [2.75, 3.05) is 18.5 Å². The highest BCUT2D eigenvalue weighted by atomic mass is 16.5. The lowest BCUT2D eigenvalue weighted by molar-refractivity contribution is 0.102. The second-order valence-electron chi connectivity index (χ2n) is 6.14. The highest BCUT2D eigenvalue weighted by Crippen LogP contribution is 2.19. The number of ether oxygens (including phenoxy) is 2. The Bertz CT molecular complexity index is 710. The Morgan fingerprint density at radius 2 is 1.84 bits per heavy atom. The summed E-state index contributed by atoms with van der Waals surface area (Å²) in [6.45, 7) is 8.99. The maximum Gasteiger partial charge on any atom is 0.255 e. The third-order valence-electron chi connectivity index (χ3n) is 3.52. The van der Waals surface area contributed by atoms with Crippen LogP contribution in [-0.4, -0.2) is 19.1 Å². The fraction of sp³-hybridized carbons (Fsp3) is 0.286. The topological polar surface area (TPSA) is 47.6 Å². The Morgan fingerprint density at radius 3 is 2.56 bits per heavy atom. The van der Waals surface area contributed by atoms with Crippen molar-refractivity contribution in [3.05, 3.63) is 66.7 Å². The van der Waals surface area contributed by atoms with Gasteiger partial charge in [-0.15, -0.1) is 0 Å². The third-order valence-corrected chi connectivity index (χ3v) is 3.52. The Hall–Kier alpha value is -2.75. The molecule has 4 nitrogen and oxygen atoms in total. The van der Waals surface area contributed by atoms with Crippen LogP contribution in [0.2, 0.25) is 0 Å². The maximum atomic E-state index is 12.5. The number of rotatable bonds is 9. The number of hydrogen-bond donors (Lipinski definition) is 1. The van der Waals surface area contributed by atoms with Gasteiger partial charge in [0.05, 0.1) is 6.61 Å². The molecule has 2 aromatic rings. The van der Waals surface area contributed by atoms with Crippen molar-refractivity contribution < 1.29 is 14.3 Å². The van der Waals surface area contributed by atoms with Crippen LogP contribution in [0, 0.1) is 5.92 Å².